The first-order valence-electron chi connectivity index (χ1n) is 6.37. The van der Waals surface area contributed by atoms with Crippen LogP contribution in [0.4, 0.5) is 5.95 Å². The summed E-state index contributed by atoms with van der Waals surface area (Å²) in [4.78, 5) is 20.0. The first-order chi connectivity index (χ1) is 10.7. The number of benzene rings is 1. The third kappa shape index (κ3) is 2.20. The highest BCUT2D eigenvalue weighted by Crippen LogP contribution is 2.25. The summed E-state index contributed by atoms with van der Waals surface area (Å²) in [6.45, 7) is 0. The Labute approximate surface area is 133 Å². The Kier molecular flexibility index (Phi) is 3.02. The van der Waals surface area contributed by atoms with Crippen molar-refractivity contribution in [3.05, 3.63) is 45.6 Å². The monoisotopic (exact) mass is 329 g/mol. The lowest BCUT2D eigenvalue weighted by molar-refractivity contribution is 0.102. The minimum atomic E-state index is -0.254. The number of carbonyl (C=O) groups excluding carboxylic acids is 1. The van der Waals surface area contributed by atoms with E-state index in [2.05, 4.69) is 25.5 Å². The van der Waals surface area contributed by atoms with E-state index in [-0.39, 0.29) is 11.9 Å². The van der Waals surface area contributed by atoms with Gasteiger partial charge in [0.15, 0.2) is 5.65 Å². The number of halogens is 1. The molecule has 6 nitrogen and oxygen atoms in total. The normalized spacial score (nSPS) is 11.1. The third-order valence-electron chi connectivity index (χ3n) is 3.15. The topological polar surface area (TPSA) is 83.6 Å². The Morgan fingerprint density at radius 2 is 2.18 bits per heavy atom. The van der Waals surface area contributed by atoms with Gasteiger partial charge in [-0.05, 0) is 29.6 Å². The summed E-state index contributed by atoms with van der Waals surface area (Å²) in [6.07, 6.45) is 0. The van der Waals surface area contributed by atoms with Crippen LogP contribution in [-0.2, 0) is 0 Å². The first-order valence-corrected chi connectivity index (χ1v) is 7.63. The van der Waals surface area contributed by atoms with E-state index in [1.54, 1.807) is 18.2 Å². The average molecular weight is 330 g/mol. The molecule has 0 saturated carbocycles. The summed E-state index contributed by atoms with van der Waals surface area (Å²) in [5.74, 6) is -0.0983. The fraction of sp³-hybridized carbons (Fsp3) is 0. The molecule has 0 aliphatic heterocycles. The highest BCUT2D eigenvalue weighted by atomic mass is 35.5. The van der Waals surface area contributed by atoms with Crippen LogP contribution >= 0.6 is 22.9 Å². The van der Waals surface area contributed by atoms with E-state index < -0.39 is 0 Å². The van der Waals surface area contributed by atoms with Gasteiger partial charge in [0, 0.05) is 15.9 Å². The van der Waals surface area contributed by atoms with E-state index in [4.69, 9.17) is 11.6 Å². The highest BCUT2D eigenvalue weighted by Gasteiger charge is 2.12. The van der Waals surface area contributed by atoms with Gasteiger partial charge < -0.3 is 4.98 Å². The van der Waals surface area contributed by atoms with Crippen LogP contribution in [0.2, 0.25) is 5.02 Å². The molecule has 4 rings (SSSR count). The van der Waals surface area contributed by atoms with Crippen LogP contribution < -0.4 is 5.32 Å². The van der Waals surface area contributed by atoms with E-state index in [1.165, 1.54) is 11.3 Å². The molecule has 2 N–H and O–H groups in total. The quantitative estimate of drug-likeness (QED) is 0.589. The number of H-pyrrole nitrogens is 1. The van der Waals surface area contributed by atoms with Crippen molar-refractivity contribution in [1.29, 1.82) is 0 Å². The van der Waals surface area contributed by atoms with Crippen LogP contribution in [0.25, 0.3) is 22.1 Å². The Morgan fingerprint density at radius 1 is 1.27 bits per heavy atom. The molecule has 1 aromatic carbocycles. The van der Waals surface area contributed by atoms with Gasteiger partial charge >= 0.3 is 0 Å². The van der Waals surface area contributed by atoms with Gasteiger partial charge in [-0.3, -0.25) is 10.1 Å². The zero-order valence-corrected chi connectivity index (χ0v) is 12.6. The van der Waals surface area contributed by atoms with Crippen molar-refractivity contribution in [3.63, 3.8) is 0 Å². The van der Waals surface area contributed by atoms with E-state index in [0.29, 0.717) is 21.1 Å². The molecule has 4 aromatic rings. The molecule has 3 heterocycles. The van der Waals surface area contributed by atoms with Gasteiger partial charge in [0.25, 0.3) is 11.9 Å². The van der Waals surface area contributed by atoms with Gasteiger partial charge in [-0.25, -0.2) is 0 Å². The van der Waals surface area contributed by atoms with Crippen molar-refractivity contribution in [3.8, 4) is 0 Å². The van der Waals surface area contributed by atoms with Gasteiger partial charge in [0.1, 0.15) is 5.52 Å². The van der Waals surface area contributed by atoms with Gasteiger partial charge in [-0.2, -0.15) is 4.98 Å². The van der Waals surface area contributed by atoms with Crippen LogP contribution in [-0.4, -0.2) is 26.1 Å². The maximum Gasteiger partial charge on any atom is 0.268 e. The number of carbonyl (C=O) groups is 1. The Balaban J connectivity index is 1.74. The summed E-state index contributed by atoms with van der Waals surface area (Å²) in [7, 11) is 0. The van der Waals surface area contributed by atoms with Crippen LogP contribution in [0.5, 0.6) is 0 Å². The number of nitrogens with zero attached hydrogens (tertiary/aromatic N) is 3. The minimum Gasteiger partial charge on any atom is -0.338 e. The summed E-state index contributed by atoms with van der Waals surface area (Å²) in [6, 6.07) is 8.98. The minimum absolute atomic E-state index is 0.156. The molecule has 3 aromatic heterocycles. The molecule has 108 valence electrons. The van der Waals surface area contributed by atoms with E-state index in [0.717, 1.165) is 10.9 Å². The molecule has 0 aliphatic rings. The number of amides is 1. The van der Waals surface area contributed by atoms with E-state index in [9.17, 15) is 4.79 Å². The fourth-order valence-electron chi connectivity index (χ4n) is 2.17. The maximum absolute atomic E-state index is 12.0. The van der Waals surface area contributed by atoms with Crippen molar-refractivity contribution in [1.82, 2.24) is 20.2 Å². The molecule has 22 heavy (non-hydrogen) atoms. The lowest BCUT2D eigenvalue weighted by Crippen LogP contribution is -2.13. The first kappa shape index (κ1) is 13.2. The van der Waals surface area contributed by atoms with Crippen molar-refractivity contribution in [2.24, 2.45) is 0 Å². The molecule has 8 heteroatoms. The summed E-state index contributed by atoms with van der Waals surface area (Å²) in [5.41, 5.74) is 2.03. The second kappa shape index (κ2) is 5.04. The molecule has 0 bridgehead atoms. The van der Waals surface area contributed by atoms with Crippen LogP contribution in [0.15, 0.2) is 35.7 Å². The second-order valence-electron chi connectivity index (χ2n) is 4.58. The van der Waals surface area contributed by atoms with Gasteiger partial charge in [0.2, 0.25) is 0 Å². The average Bonchev–Trinajstić information content (AvgIpc) is 3.14. The maximum atomic E-state index is 12.0. The number of hydrogen-bond acceptors (Lipinski definition) is 5. The Bertz CT molecular complexity index is 995. The number of nitrogens with one attached hydrogen (secondary N) is 2. The smallest absolute Gasteiger partial charge is 0.268 e. The molecule has 0 aliphatic carbocycles. The molecule has 0 atom stereocenters. The predicted molar refractivity (Wildman–Crippen MR) is 86.5 cm³/mol. The molecule has 0 radical (unpaired) electrons. The lowest BCUT2D eigenvalue weighted by atomic mass is 10.2. The Hall–Kier alpha value is -2.51. The number of rotatable bonds is 2. The third-order valence-corrected chi connectivity index (χ3v) is 4.25. The zero-order chi connectivity index (χ0) is 15.1. The van der Waals surface area contributed by atoms with Crippen molar-refractivity contribution in [2.45, 2.75) is 0 Å². The number of aromatic amines is 1. The Morgan fingerprint density at radius 3 is 3.00 bits per heavy atom. The second-order valence-corrected chi connectivity index (χ2v) is 5.96. The molecule has 0 unspecified atom stereocenters. The fourth-order valence-corrected chi connectivity index (χ4v) is 2.96. The summed E-state index contributed by atoms with van der Waals surface area (Å²) >= 11 is 7.34. The lowest BCUT2D eigenvalue weighted by Gasteiger charge is -2.00. The number of fused-ring (bicyclic) bond motifs is 3. The van der Waals surface area contributed by atoms with Crippen LogP contribution in [0.3, 0.4) is 0 Å². The highest BCUT2D eigenvalue weighted by molar-refractivity contribution is 7.12. The van der Waals surface area contributed by atoms with Crippen LogP contribution in [0.1, 0.15) is 9.67 Å². The number of hydrogen-bond donors (Lipinski definition) is 2. The van der Waals surface area contributed by atoms with E-state index in [1.807, 2.05) is 17.5 Å². The van der Waals surface area contributed by atoms with Crippen molar-refractivity contribution < 1.29 is 4.79 Å². The summed E-state index contributed by atoms with van der Waals surface area (Å²) < 4.78 is 0. The molecular formula is C14H8ClN5OS. The van der Waals surface area contributed by atoms with Gasteiger partial charge in [-0.15, -0.1) is 21.5 Å². The SMILES string of the molecule is O=C(Nc1nnc2c(n1)[nH]c1ccc(Cl)cc12)c1cccs1. The van der Waals surface area contributed by atoms with Crippen molar-refractivity contribution >= 4 is 56.9 Å². The predicted octanol–water partition coefficient (Wildman–Crippen LogP) is 3.47. The number of anilines is 1. The standard InChI is InChI=1S/C14H8ClN5OS/c15-7-3-4-9-8(6-7)11-12(16-9)17-14(20-19-11)18-13(21)10-2-1-5-22-10/h1-6H,(H2,16,17,18,20,21). The van der Waals surface area contributed by atoms with Gasteiger partial charge in [0.05, 0.1) is 4.88 Å². The molecule has 0 saturated heterocycles. The molecule has 0 spiro atoms. The molecule has 0 fully saturated rings. The number of thiophene rings is 1. The van der Waals surface area contributed by atoms with Crippen molar-refractivity contribution in [2.75, 3.05) is 5.32 Å². The zero-order valence-electron chi connectivity index (χ0n) is 11.0. The van der Waals surface area contributed by atoms with E-state index >= 15 is 0 Å². The number of aromatic nitrogens is 4. The summed E-state index contributed by atoms with van der Waals surface area (Å²) in [5, 5.41) is 14.0. The molecular weight excluding hydrogens is 322 g/mol. The largest absolute Gasteiger partial charge is 0.338 e. The van der Waals surface area contributed by atoms with Crippen LogP contribution in [0, 0.1) is 0 Å². The molecule has 1 amide bonds. The van der Waals surface area contributed by atoms with Gasteiger partial charge in [-0.1, -0.05) is 17.7 Å².